The maximum Gasteiger partial charge on any atom is 0.317 e. The third-order valence-electron chi connectivity index (χ3n) is 3.31. The SMILES string of the molecule is COC(=O)C(C(=O)C(C)C)C(C[N+](=O)[O-])c1ccccc1. The lowest BCUT2D eigenvalue weighted by atomic mass is 9.80. The van der Waals surface area contributed by atoms with Crippen LogP contribution in [0, 0.1) is 22.0 Å². The van der Waals surface area contributed by atoms with E-state index < -0.39 is 35.2 Å². The number of Topliss-reactive ketones (excluding diaryl/α,β-unsaturated/α-hetero) is 1. The Labute approximate surface area is 123 Å². The zero-order valence-corrected chi connectivity index (χ0v) is 12.3. The number of rotatable bonds is 7. The standard InChI is InChI=1S/C15H19NO5/c1-10(2)14(17)13(15(18)21-3)12(9-16(19)20)11-7-5-4-6-8-11/h4-8,10,12-13H,9H2,1-3H3. The highest BCUT2D eigenvalue weighted by Gasteiger charge is 2.40. The Hall–Kier alpha value is -2.24. The first-order valence-corrected chi connectivity index (χ1v) is 6.66. The van der Waals surface area contributed by atoms with Gasteiger partial charge in [0, 0.05) is 10.8 Å². The Kier molecular flexibility index (Phi) is 6.02. The molecule has 114 valence electrons. The molecule has 0 bridgehead atoms. The van der Waals surface area contributed by atoms with E-state index in [1.165, 1.54) is 7.11 Å². The first-order valence-electron chi connectivity index (χ1n) is 6.66. The van der Waals surface area contributed by atoms with Gasteiger partial charge in [0.25, 0.3) is 0 Å². The lowest BCUT2D eigenvalue weighted by Gasteiger charge is -2.23. The van der Waals surface area contributed by atoms with E-state index in [0.717, 1.165) is 0 Å². The van der Waals surface area contributed by atoms with Crippen LogP contribution in [0.1, 0.15) is 25.3 Å². The van der Waals surface area contributed by atoms with Crippen LogP contribution in [0.5, 0.6) is 0 Å². The molecule has 0 spiro atoms. The normalized spacial score (nSPS) is 13.5. The van der Waals surface area contributed by atoms with E-state index in [-0.39, 0.29) is 5.78 Å². The molecule has 6 nitrogen and oxygen atoms in total. The number of methoxy groups -OCH3 is 1. The lowest BCUT2D eigenvalue weighted by Crippen LogP contribution is -2.36. The Bertz CT molecular complexity index is 512. The third-order valence-corrected chi connectivity index (χ3v) is 3.31. The van der Waals surface area contributed by atoms with Crippen LogP contribution < -0.4 is 0 Å². The van der Waals surface area contributed by atoms with Gasteiger partial charge in [0.2, 0.25) is 6.54 Å². The molecule has 21 heavy (non-hydrogen) atoms. The van der Waals surface area contributed by atoms with E-state index in [1.807, 2.05) is 0 Å². The van der Waals surface area contributed by atoms with E-state index in [4.69, 9.17) is 0 Å². The summed E-state index contributed by atoms with van der Waals surface area (Å²) in [5, 5.41) is 10.9. The van der Waals surface area contributed by atoms with Gasteiger partial charge in [-0.1, -0.05) is 44.2 Å². The highest BCUT2D eigenvalue weighted by molar-refractivity contribution is 6.00. The predicted octanol–water partition coefficient (Wildman–Crippen LogP) is 2.06. The zero-order chi connectivity index (χ0) is 16.0. The van der Waals surface area contributed by atoms with Crippen molar-refractivity contribution < 1.29 is 19.2 Å². The van der Waals surface area contributed by atoms with Crippen molar-refractivity contribution in [2.45, 2.75) is 19.8 Å². The Morgan fingerprint density at radius 1 is 1.24 bits per heavy atom. The lowest BCUT2D eigenvalue weighted by molar-refractivity contribution is -0.484. The van der Waals surface area contributed by atoms with Crippen LogP contribution >= 0.6 is 0 Å². The summed E-state index contributed by atoms with van der Waals surface area (Å²) in [6.07, 6.45) is 0. The summed E-state index contributed by atoms with van der Waals surface area (Å²) in [4.78, 5) is 34.7. The van der Waals surface area contributed by atoms with Crippen molar-refractivity contribution in [1.29, 1.82) is 0 Å². The minimum atomic E-state index is -1.16. The summed E-state index contributed by atoms with van der Waals surface area (Å²) in [5.74, 6) is -3.49. The Balaban J connectivity index is 3.26. The number of hydrogen-bond donors (Lipinski definition) is 0. The first-order chi connectivity index (χ1) is 9.88. The van der Waals surface area contributed by atoms with Crippen LogP contribution in [0.2, 0.25) is 0 Å². The fraction of sp³-hybridized carbons (Fsp3) is 0.467. The van der Waals surface area contributed by atoms with Gasteiger partial charge in [0.1, 0.15) is 5.92 Å². The molecule has 0 aromatic heterocycles. The minimum absolute atomic E-state index is 0.349. The summed E-state index contributed by atoms with van der Waals surface area (Å²) in [6.45, 7) is 2.82. The van der Waals surface area contributed by atoms with Crippen molar-refractivity contribution in [2.24, 2.45) is 11.8 Å². The molecule has 1 aromatic rings. The second-order valence-corrected chi connectivity index (χ2v) is 5.09. The van der Waals surface area contributed by atoms with Crippen LogP contribution in [0.4, 0.5) is 0 Å². The molecule has 0 saturated heterocycles. The molecule has 1 rings (SSSR count). The summed E-state index contributed by atoms with van der Waals surface area (Å²) < 4.78 is 4.69. The van der Waals surface area contributed by atoms with Crippen molar-refractivity contribution in [1.82, 2.24) is 0 Å². The molecule has 0 aliphatic carbocycles. The van der Waals surface area contributed by atoms with Crippen LogP contribution in [0.3, 0.4) is 0 Å². The quantitative estimate of drug-likeness (QED) is 0.332. The van der Waals surface area contributed by atoms with Gasteiger partial charge in [0.05, 0.1) is 13.0 Å². The van der Waals surface area contributed by atoms with Crippen molar-refractivity contribution in [3.63, 3.8) is 0 Å². The van der Waals surface area contributed by atoms with Crippen LogP contribution in [-0.4, -0.2) is 30.3 Å². The first kappa shape index (κ1) is 16.8. The molecule has 0 heterocycles. The van der Waals surface area contributed by atoms with Crippen molar-refractivity contribution in [2.75, 3.05) is 13.7 Å². The van der Waals surface area contributed by atoms with Gasteiger partial charge in [-0.15, -0.1) is 0 Å². The maximum atomic E-state index is 12.3. The van der Waals surface area contributed by atoms with Gasteiger partial charge in [-0.2, -0.15) is 0 Å². The van der Waals surface area contributed by atoms with E-state index in [1.54, 1.807) is 44.2 Å². The zero-order valence-electron chi connectivity index (χ0n) is 12.3. The number of benzene rings is 1. The van der Waals surface area contributed by atoms with E-state index in [0.29, 0.717) is 5.56 Å². The topological polar surface area (TPSA) is 86.5 Å². The minimum Gasteiger partial charge on any atom is -0.468 e. The second kappa shape index (κ2) is 7.52. The molecule has 1 aromatic carbocycles. The number of carbonyl (C=O) groups is 2. The fourth-order valence-electron chi connectivity index (χ4n) is 2.23. The third kappa shape index (κ3) is 4.37. The number of ether oxygens (including phenoxy) is 1. The Morgan fingerprint density at radius 3 is 2.24 bits per heavy atom. The molecule has 2 unspecified atom stereocenters. The molecule has 6 heteroatoms. The van der Waals surface area contributed by atoms with Crippen LogP contribution in [0.15, 0.2) is 30.3 Å². The van der Waals surface area contributed by atoms with Crippen LogP contribution in [0.25, 0.3) is 0 Å². The number of nitro groups is 1. The second-order valence-electron chi connectivity index (χ2n) is 5.09. The van der Waals surface area contributed by atoms with Gasteiger partial charge in [-0.25, -0.2) is 0 Å². The molecule has 0 aliphatic heterocycles. The average Bonchev–Trinajstić information content (AvgIpc) is 2.46. The summed E-state index contributed by atoms with van der Waals surface area (Å²) >= 11 is 0. The van der Waals surface area contributed by atoms with E-state index in [9.17, 15) is 19.7 Å². The largest absolute Gasteiger partial charge is 0.468 e. The van der Waals surface area contributed by atoms with Gasteiger partial charge in [0.15, 0.2) is 5.78 Å². The molecular weight excluding hydrogens is 274 g/mol. The Morgan fingerprint density at radius 2 is 1.81 bits per heavy atom. The number of hydrogen-bond acceptors (Lipinski definition) is 5. The van der Waals surface area contributed by atoms with Crippen LogP contribution in [-0.2, 0) is 14.3 Å². The summed E-state index contributed by atoms with van der Waals surface area (Å²) in [7, 11) is 1.18. The fourth-order valence-corrected chi connectivity index (χ4v) is 2.23. The number of esters is 1. The summed E-state index contributed by atoms with van der Waals surface area (Å²) in [5.41, 5.74) is 0.582. The molecule has 0 saturated carbocycles. The van der Waals surface area contributed by atoms with Gasteiger partial charge in [-0.3, -0.25) is 19.7 Å². The highest BCUT2D eigenvalue weighted by Crippen LogP contribution is 2.29. The van der Waals surface area contributed by atoms with E-state index in [2.05, 4.69) is 4.74 Å². The molecule has 0 N–H and O–H groups in total. The highest BCUT2D eigenvalue weighted by atomic mass is 16.6. The molecule has 0 fully saturated rings. The van der Waals surface area contributed by atoms with Gasteiger partial charge < -0.3 is 4.74 Å². The molecule has 0 radical (unpaired) electrons. The number of ketones is 1. The van der Waals surface area contributed by atoms with Gasteiger partial charge in [-0.05, 0) is 5.56 Å². The van der Waals surface area contributed by atoms with E-state index >= 15 is 0 Å². The van der Waals surface area contributed by atoms with Crippen molar-refractivity contribution in [3.05, 3.63) is 46.0 Å². The number of nitrogens with zero attached hydrogens (tertiary/aromatic N) is 1. The molecule has 0 aliphatic rings. The summed E-state index contributed by atoms with van der Waals surface area (Å²) in [6, 6.07) is 8.56. The maximum absolute atomic E-state index is 12.3. The monoisotopic (exact) mass is 293 g/mol. The molecular formula is C15H19NO5. The number of carbonyl (C=O) groups excluding carboxylic acids is 2. The smallest absolute Gasteiger partial charge is 0.317 e. The van der Waals surface area contributed by atoms with Gasteiger partial charge >= 0.3 is 5.97 Å². The average molecular weight is 293 g/mol. The van der Waals surface area contributed by atoms with Crippen molar-refractivity contribution in [3.8, 4) is 0 Å². The molecule has 0 amide bonds. The predicted molar refractivity (Wildman–Crippen MR) is 76.4 cm³/mol. The molecule has 2 atom stereocenters. The van der Waals surface area contributed by atoms with Crippen molar-refractivity contribution >= 4 is 11.8 Å².